The van der Waals surface area contributed by atoms with E-state index in [1.807, 2.05) is 13.0 Å². The van der Waals surface area contributed by atoms with Gasteiger partial charge in [-0.3, -0.25) is 0 Å². The van der Waals surface area contributed by atoms with Gasteiger partial charge in [0.15, 0.2) is 11.5 Å². The van der Waals surface area contributed by atoms with Gasteiger partial charge < -0.3 is 15.2 Å². The van der Waals surface area contributed by atoms with E-state index in [-0.39, 0.29) is 6.04 Å². The van der Waals surface area contributed by atoms with Crippen molar-refractivity contribution in [2.45, 2.75) is 25.8 Å². The molecular weight excluding hydrogens is 238 g/mol. The highest BCUT2D eigenvalue weighted by Crippen LogP contribution is 2.37. The molecule has 1 aliphatic rings. The molecule has 0 saturated heterocycles. The van der Waals surface area contributed by atoms with Crippen molar-refractivity contribution in [3.8, 4) is 11.5 Å². The zero-order valence-corrected chi connectivity index (χ0v) is 11.0. The van der Waals surface area contributed by atoms with E-state index in [1.165, 1.54) is 12.8 Å². The van der Waals surface area contributed by atoms with Gasteiger partial charge >= 0.3 is 0 Å². The summed E-state index contributed by atoms with van der Waals surface area (Å²) in [5.41, 5.74) is 6.72. The average Bonchev–Trinajstić information content (AvgIpc) is 3.09. The third kappa shape index (κ3) is 3.05. The Labute approximate surface area is 107 Å². The Morgan fingerprint density at radius 2 is 2.12 bits per heavy atom. The van der Waals surface area contributed by atoms with E-state index in [0.29, 0.717) is 22.4 Å². The van der Waals surface area contributed by atoms with E-state index in [1.54, 1.807) is 13.2 Å². The van der Waals surface area contributed by atoms with Gasteiger partial charge in [0.25, 0.3) is 0 Å². The molecule has 94 valence electrons. The van der Waals surface area contributed by atoms with Crippen LogP contribution in [0.4, 0.5) is 0 Å². The summed E-state index contributed by atoms with van der Waals surface area (Å²) in [5, 5.41) is 0.631. The minimum Gasteiger partial charge on any atom is -0.493 e. The number of nitrogens with two attached hydrogens (primary N) is 1. The number of methoxy groups -OCH3 is 1. The molecule has 1 aliphatic carbocycles. The third-order valence-corrected chi connectivity index (χ3v) is 3.27. The van der Waals surface area contributed by atoms with Crippen molar-refractivity contribution in [3.05, 3.63) is 22.7 Å². The number of rotatable bonds is 5. The summed E-state index contributed by atoms with van der Waals surface area (Å²) in [6, 6.07) is 3.53. The quantitative estimate of drug-likeness (QED) is 0.879. The topological polar surface area (TPSA) is 44.5 Å². The van der Waals surface area contributed by atoms with Crippen LogP contribution in [0.25, 0.3) is 0 Å². The minimum atomic E-state index is -0.117. The number of halogens is 1. The zero-order valence-electron chi connectivity index (χ0n) is 10.2. The van der Waals surface area contributed by atoms with Gasteiger partial charge in [0.1, 0.15) is 0 Å². The smallest absolute Gasteiger partial charge is 0.162 e. The molecule has 2 N–H and O–H groups in total. The van der Waals surface area contributed by atoms with Crippen LogP contribution >= 0.6 is 11.6 Å². The molecule has 1 aromatic rings. The van der Waals surface area contributed by atoms with Crippen molar-refractivity contribution in [2.75, 3.05) is 13.7 Å². The molecule has 2 rings (SSSR count). The molecule has 1 saturated carbocycles. The summed E-state index contributed by atoms with van der Waals surface area (Å²) in [7, 11) is 1.62. The van der Waals surface area contributed by atoms with Crippen LogP contribution in [0.5, 0.6) is 11.5 Å². The predicted octanol–water partition coefficient (Wildman–Crippen LogP) is 3.16. The van der Waals surface area contributed by atoms with Crippen LogP contribution in [-0.2, 0) is 0 Å². The molecule has 0 amide bonds. The van der Waals surface area contributed by atoms with Gasteiger partial charge in [-0.2, -0.15) is 0 Å². The number of hydrogen-bond donors (Lipinski definition) is 1. The van der Waals surface area contributed by atoms with E-state index >= 15 is 0 Å². The Morgan fingerprint density at radius 3 is 2.65 bits per heavy atom. The lowest BCUT2D eigenvalue weighted by molar-refractivity contribution is 0.280. The SMILES string of the molecule is COc1cc(C(C)N)c(Cl)cc1OCC1CC1. The molecule has 1 aromatic carbocycles. The lowest BCUT2D eigenvalue weighted by atomic mass is 10.1. The first-order chi connectivity index (χ1) is 8.11. The molecule has 0 aromatic heterocycles. The second kappa shape index (κ2) is 5.15. The van der Waals surface area contributed by atoms with Gasteiger partial charge in [-0.05, 0) is 37.3 Å². The average molecular weight is 256 g/mol. The second-order valence-corrected chi connectivity index (χ2v) is 4.97. The van der Waals surface area contributed by atoms with E-state index in [2.05, 4.69) is 0 Å². The van der Waals surface area contributed by atoms with Crippen molar-refractivity contribution in [1.29, 1.82) is 0 Å². The van der Waals surface area contributed by atoms with Gasteiger partial charge in [-0.1, -0.05) is 11.6 Å². The zero-order chi connectivity index (χ0) is 12.4. The maximum absolute atomic E-state index is 6.17. The van der Waals surface area contributed by atoms with Crippen LogP contribution in [-0.4, -0.2) is 13.7 Å². The normalized spacial score (nSPS) is 16.7. The minimum absolute atomic E-state index is 0.117. The molecule has 4 heteroatoms. The summed E-state index contributed by atoms with van der Waals surface area (Å²) in [6.45, 7) is 2.63. The van der Waals surface area contributed by atoms with Crippen molar-refractivity contribution in [2.24, 2.45) is 11.7 Å². The van der Waals surface area contributed by atoms with Gasteiger partial charge in [0, 0.05) is 17.1 Å². The fourth-order valence-corrected chi connectivity index (χ4v) is 1.99. The Balaban J connectivity index is 2.20. The molecule has 17 heavy (non-hydrogen) atoms. The van der Waals surface area contributed by atoms with Crippen molar-refractivity contribution >= 4 is 11.6 Å². The highest BCUT2D eigenvalue weighted by Gasteiger charge is 2.23. The lowest BCUT2D eigenvalue weighted by Gasteiger charge is -2.15. The first-order valence-corrected chi connectivity index (χ1v) is 6.25. The maximum Gasteiger partial charge on any atom is 0.162 e. The van der Waals surface area contributed by atoms with Crippen LogP contribution in [0.15, 0.2) is 12.1 Å². The third-order valence-electron chi connectivity index (χ3n) is 2.94. The molecule has 0 bridgehead atoms. The number of ether oxygens (including phenoxy) is 2. The Morgan fingerprint density at radius 1 is 1.41 bits per heavy atom. The van der Waals surface area contributed by atoms with Crippen LogP contribution in [0.1, 0.15) is 31.4 Å². The molecule has 3 nitrogen and oxygen atoms in total. The van der Waals surface area contributed by atoms with Gasteiger partial charge in [0.05, 0.1) is 13.7 Å². The van der Waals surface area contributed by atoms with Crippen molar-refractivity contribution in [1.82, 2.24) is 0 Å². The van der Waals surface area contributed by atoms with Crippen molar-refractivity contribution < 1.29 is 9.47 Å². The molecule has 0 aliphatic heterocycles. The van der Waals surface area contributed by atoms with Crippen LogP contribution in [0.2, 0.25) is 5.02 Å². The highest BCUT2D eigenvalue weighted by molar-refractivity contribution is 6.31. The largest absolute Gasteiger partial charge is 0.493 e. The number of hydrogen-bond acceptors (Lipinski definition) is 3. The molecule has 0 radical (unpaired) electrons. The molecule has 1 unspecified atom stereocenters. The van der Waals surface area contributed by atoms with Crippen LogP contribution in [0, 0.1) is 5.92 Å². The van der Waals surface area contributed by atoms with E-state index < -0.39 is 0 Å². The number of benzene rings is 1. The summed E-state index contributed by atoms with van der Waals surface area (Å²) >= 11 is 6.17. The molecule has 0 heterocycles. The lowest BCUT2D eigenvalue weighted by Crippen LogP contribution is -2.07. The molecule has 1 fully saturated rings. The maximum atomic E-state index is 6.17. The van der Waals surface area contributed by atoms with Gasteiger partial charge in [0.2, 0.25) is 0 Å². The van der Waals surface area contributed by atoms with Crippen molar-refractivity contribution in [3.63, 3.8) is 0 Å². The summed E-state index contributed by atoms with van der Waals surface area (Å²) in [5.74, 6) is 2.10. The van der Waals surface area contributed by atoms with Crippen LogP contribution < -0.4 is 15.2 Å². The summed E-state index contributed by atoms with van der Waals surface area (Å²) in [6.07, 6.45) is 2.52. The summed E-state index contributed by atoms with van der Waals surface area (Å²) < 4.78 is 11.0. The Kier molecular flexibility index (Phi) is 3.79. The predicted molar refractivity (Wildman–Crippen MR) is 68.8 cm³/mol. The first kappa shape index (κ1) is 12.5. The standard InChI is InChI=1S/C13H18ClNO2/c1-8(15)10-5-12(16-2)13(6-11(10)14)17-7-9-3-4-9/h5-6,8-9H,3-4,7,15H2,1-2H3. The van der Waals surface area contributed by atoms with E-state index in [9.17, 15) is 0 Å². The van der Waals surface area contributed by atoms with Gasteiger partial charge in [-0.15, -0.1) is 0 Å². The van der Waals surface area contributed by atoms with E-state index in [0.717, 1.165) is 12.2 Å². The molecule has 1 atom stereocenters. The second-order valence-electron chi connectivity index (χ2n) is 4.57. The summed E-state index contributed by atoms with van der Waals surface area (Å²) in [4.78, 5) is 0. The fraction of sp³-hybridized carbons (Fsp3) is 0.538. The van der Waals surface area contributed by atoms with E-state index in [4.69, 9.17) is 26.8 Å². The first-order valence-electron chi connectivity index (χ1n) is 5.87. The monoisotopic (exact) mass is 255 g/mol. The molecular formula is C13H18ClNO2. The molecule has 0 spiro atoms. The Bertz CT molecular complexity index is 403. The fourth-order valence-electron chi connectivity index (χ4n) is 1.66. The highest BCUT2D eigenvalue weighted by atomic mass is 35.5. The Hall–Kier alpha value is -0.930. The van der Waals surface area contributed by atoms with Crippen LogP contribution in [0.3, 0.4) is 0 Å². The van der Waals surface area contributed by atoms with Gasteiger partial charge in [-0.25, -0.2) is 0 Å².